The molecular formula is C13H14N4O2. The van der Waals surface area contributed by atoms with Gasteiger partial charge in [-0.2, -0.15) is 10.2 Å². The number of carboxylic acids is 1. The SMILES string of the molecule is C/C(=N\Nc1cccc(C(=O)O)c1)c1cnn(C)c1. The molecular weight excluding hydrogens is 244 g/mol. The first kappa shape index (κ1) is 12.8. The predicted octanol–water partition coefficient (Wildman–Crippen LogP) is 1.95. The van der Waals surface area contributed by atoms with Crippen LogP contribution in [0.15, 0.2) is 41.8 Å². The van der Waals surface area contributed by atoms with Crippen molar-refractivity contribution in [2.24, 2.45) is 12.1 Å². The first-order valence-electron chi connectivity index (χ1n) is 5.69. The summed E-state index contributed by atoms with van der Waals surface area (Å²) in [6, 6.07) is 6.49. The van der Waals surface area contributed by atoms with Crippen LogP contribution in [0.5, 0.6) is 0 Å². The summed E-state index contributed by atoms with van der Waals surface area (Å²) in [5, 5.41) is 17.2. The van der Waals surface area contributed by atoms with Crippen molar-refractivity contribution >= 4 is 17.4 Å². The Labute approximate surface area is 110 Å². The van der Waals surface area contributed by atoms with Gasteiger partial charge >= 0.3 is 5.97 Å². The molecule has 98 valence electrons. The molecule has 1 aromatic heterocycles. The highest BCUT2D eigenvalue weighted by Crippen LogP contribution is 2.11. The lowest BCUT2D eigenvalue weighted by Crippen LogP contribution is -2.00. The van der Waals surface area contributed by atoms with Gasteiger partial charge in [0.05, 0.1) is 23.2 Å². The number of hydrogen-bond acceptors (Lipinski definition) is 4. The largest absolute Gasteiger partial charge is 0.478 e. The Bertz CT molecular complexity index is 631. The van der Waals surface area contributed by atoms with Crippen molar-refractivity contribution in [3.05, 3.63) is 47.8 Å². The van der Waals surface area contributed by atoms with E-state index in [1.807, 2.05) is 20.2 Å². The highest BCUT2D eigenvalue weighted by molar-refractivity contribution is 5.98. The van der Waals surface area contributed by atoms with Crippen molar-refractivity contribution in [2.45, 2.75) is 6.92 Å². The van der Waals surface area contributed by atoms with Gasteiger partial charge in [-0.3, -0.25) is 10.1 Å². The number of aromatic nitrogens is 2. The Balaban J connectivity index is 2.13. The van der Waals surface area contributed by atoms with Crippen LogP contribution in [-0.2, 0) is 7.05 Å². The molecule has 0 bridgehead atoms. The second-order valence-electron chi connectivity index (χ2n) is 4.10. The molecule has 0 saturated heterocycles. The molecule has 0 fully saturated rings. The number of rotatable bonds is 4. The standard InChI is InChI=1S/C13H14N4O2/c1-9(11-7-14-17(2)8-11)15-16-12-5-3-4-10(6-12)13(18)19/h3-8,16H,1-2H3,(H,18,19)/b15-9+. The van der Waals surface area contributed by atoms with Crippen LogP contribution in [0.1, 0.15) is 22.8 Å². The Morgan fingerprint density at radius 2 is 2.21 bits per heavy atom. The molecule has 0 aliphatic heterocycles. The highest BCUT2D eigenvalue weighted by Gasteiger charge is 2.03. The number of aryl methyl sites for hydroxylation is 1. The van der Waals surface area contributed by atoms with E-state index < -0.39 is 5.97 Å². The molecule has 0 aliphatic rings. The molecule has 0 saturated carbocycles. The van der Waals surface area contributed by atoms with Gasteiger partial charge in [0.15, 0.2) is 0 Å². The number of benzene rings is 1. The topological polar surface area (TPSA) is 79.5 Å². The average molecular weight is 258 g/mol. The van der Waals surface area contributed by atoms with E-state index in [0.29, 0.717) is 5.69 Å². The molecule has 6 heteroatoms. The lowest BCUT2D eigenvalue weighted by molar-refractivity contribution is 0.0697. The maximum Gasteiger partial charge on any atom is 0.335 e. The molecule has 0 unspecified atom stereocenters. The smallest absolute Gasteiger partial charge is 0.335 e. The average Bonchev–Trinajstić information content (AvgIpc) is 2.83. The van der Waals surface area contributed by atoms with Gasteiger partial charge in [-0.15, -0.1) is 0 Å². The molecule has 2 rings (SSSR count). The van der Waals surface area contributed by atoms with E-state index in [2.05, 4.69) is 15.6 Å². The number of hydrogen-bond donors (Lipinski definition) is 2. The van der Waals surface area contributed by atoms with Crippen LogP contribution >= 0.6 is 0 Å². The van der Waals surface area contributed by atoms with Crippen LogP contribution in [0.4, 0.5) is 5.69 Å². The lowest BCUT2D eigenvalue weighted by Gasteiger charge is -2.03. The van der Waals surface area contributed by atoms with Crippen molar-refractivity contribution in [3.63, 3.8) is 0 Å². The van der Waals surface area contributed by atoms with Gasteiger partial charge in [0.1, 0.15) is 0 Å². The molecule has 0 amide bonds. The molecule has 0 aliphatic carbocycles. The third-order valence-electron chi connectivity index (χ3n) is 2.58. The molecule has 1 heterocycles. The summed E-state index contributed by atoms with van der Waals surface area (Å²) in [6.45, 7) is 1.85. The molecule has 0 atom stereocenters. The second kappa shape index (κ2) is 5.34. The Morgan fingerprint density at radius 1 is 1.42 bits per heavy atom. The summed E-state index contributed by atoms with van der Waals surface area (Å²) in [7, 11) is 1.83. The summed E-state index contributed by atoms with van der Waals surface area (Å²) in [5.74, 6) is -0.961. The van der Waals surface area contributed by atoms with Crippen LogP contribution in [0.2, 0.25) is 0 Å². The number of nitrogens with one attached hydrogen (secondary N) is 1. The zero-order valence-electron chi connectivity index (χ0n) is 10.7. The number of nitrogens with zero attached hydrogens (tertiary/aromatic N) is 3. The van der Waals surface area contributed by atoms with Crippen LogP contribution in [0.3, 0.4) is 0 Å². The number of carboxylic acid groups (broad SMARTS) is 1. The molecule has 6 nitrogen and oxygen atoms in total. The normalized spacial score (nSPS) is 11.4. The maximum absolute atomic E-state index is 10.8. The predicted molar refractivity (Wildman–Crippen MR) is 72.4 cm³/mol. The van der Waals surface area contributed by atoms with Gasteiger partial charge < -0.3 is 5.11 Å². The van der Waals surface area contributed by atoms with Gasteiger partial charge in [0, 0.05) is 18.8 Å². The Hall–Kier alpha value is -2.63. The summed E-state index contributed by atoms with van der Waals surface area (Å²) >= 11 is 0. The first-order valence-corrected chi connectivity index (χ1v) is 5.69. The third-order valence-corrected chi connectivity index (χ3v) is 2.58. The molecule has 1 aromatic carbocycles. The maximum atomic E-state index is 10.8. The molecule has 0 spiro atoms. The highest BCUT2D eigenvalue weighted by atomic mass is 16.4. The fourth-order valence-corrected chi connectivity index (χ4v) is 1.54. The monoisotopic (exact) mass is 258 g/mol. The second-order valence-corrected chi connectivity index (χ2v) is 4.10. The van der Waals surface area contributed by atoms with Gasteiger partial charge in [-0.1, -0.05) is 6.07 Å². The number of carbonyl (C=O) groups is 1. The first-order chi connectivity index (χ1) is 9.06. The lowest BCUT2D eigenvalue weighted by atomic mass is 10.2. The zero-order chi connectivity index (χ0) is 13.8. The number of anilines is 1. The van der Waals surface area contributed by atoms with Gasteiger partial charge in [0.25, 0.3) is 0 Å². The van der Waals surface area contributed by atoms with E-state index in [-0.39, 0.29) is 5.56 Å². The summed E-state index contributed by atoms with van der Waals surface area (Å²) in [6.07, 6.45) is 3.57. The molecule has 2 N–H and O–H groups in total. The fourth-order valence-electron chi connectivity index (χ4n) is 1.54. The minimum atomic E-state index is -0.961. The van der Waals surface area contributed by atoms with Crippen molar-refractivity contribution < 1.29 is 9.90 Å². The summed E-state index contributed by atoms with van der Waals surface area (Å²) in [4.78, 5) is 10.8. The summed E-state index contributed by atoms with van der Waals surface area (Å²) in [5.41, 5.74) is 5.36. The Morgan fingerprint density at radius 3 is 2.84 bits per heavy atom. The van der Waals surface area contributed by atoms with Crippen LogP contribution in [-0.4, -0.2) is 26.6 Å². The van der Waals surface area contributed by atoms with E-state index in [1.54, 1.807) is 23.0 Å². The summed E-state index contributed by atoms with van der Waals surface area (Å²) < 4.78 is 1.69. The van der Waals surface area contributed by atoms with Gasteiger partial charge in [-0.05, 0) is 25.1 Å². The van der Waals surface area contributed by atoms with Crippen LogP contribution < -0.4 is 5.43 Å². The molecule has 0 radical (unpaired) electrons. The van der Waals surface area contributed by atoms with E-state index in [9.17, 15) is 4.79 Å². The van der Waals surface area contributed by atoms with E-state index >= 15 is 0 Å². The quantitative estimate of drug-likeness (QED) is 0.649. The zero-order valence-corrected chi connectivity index (χ0v) is 10.7. The molecule has 2 aromatic rings. The van der Waals surface area contributed by atoms with Gasteiger partial charge in [-0.25, -0.2) is 4.79 Å². The fraction of sp³-hybridized carbons (Fsp3) is 0.154. The number of hydrazone groups is 1. The third kappa shape index (κ3) is 3.19. The van der Waals surface area contributed by atoms with Crippen LogP contribution in [0, 0.1) is 0 Å². The van der Waals surface area contributed by atoms with Crippen LogP contribution in [0.25, 0.3) is 0 Å². The van der Waals surface area contributed by atoms with E-state index in [1.165, 1.54) is 12.1 Å². The van der Waals surface area contributed by atoms with E-state index in [0.717, 1.165) is 11.3 Å². The van der Waals surface area contributed by atoms with E-state index in [4.69, 9.17) is 5.11 Å². The van der Waals surface area contributed by atoms with Gasteiger partial charge in [0.2, 0.25) is 0 Å². The Kier molecular flexibility index (Phi) is 3.61. The van der Waals surface area contributed by atoms with Crippen molar-refractivity contribution in [2.75, 3.05) is 5.43 Å². The van der Waals surface area contributed by atoms with Crippen molar-refractivity contribution in [1.29, 1.82) is 0 Å². The molecule has 19 heavy (non-hydrogen) atoms. The van der Waals surface area contributed by atoms with Crippen molar-refractivity contribution in [1.82, 2.24) is 9.78 Å². The minimum absolute atomic E-state index is 0.222. The van der Waals surface area contributed by atoms with Crippen molar-refractivity contribution in [3.8, 4) is 0 Å². The minimum Gasteiger partial charge on any atom is -0.478 e. The number of aromatic carboxylic acids is 1.